The van der Waals surface area contributed by atoms with Crippen LogP contribution in [0.1, 0.15) is 23.2 Å². The molecule has 0 unspecified atom stereocenters. The van der Waals surface area contributed by atoms with Crippen LogP contribution in [0, 0.1) is 0 Å². The summed E-state index contributed by atoms with van der Waals surface area (Å²) in [6, 6.07) is 16.5. The van der Waals surface area contributed by atoms with Crippen molar-refractivity contribution in [2.24, 2.45) is 0 Å². The quantitative estimate of drug-likeness (QED) is 0.856. The fourth-order valence-corrected chi connectivity index (χ4v) is 4.56. The van der Waals surface area contributed by atoms with Gasteiger partial charge >= 0.3 is 0 Å². The molecule has 27 heavy (non-hydrogen) atoms. The number of carbonyl (C=O) groups excluding carboxylic acids is 1. The molecule has 1 heterocycles. The van der Waals surface area contributed by atoms with Crippen LogP contribution < -0.4 is 9.62 Å². The zero-order chi connectivity index (χ0) is 18.9. The maximum atomic E-state index is 12.7. The molecule has 2 fully saturated rings. The van der Waals surface area contributed by atoms with Gasteiger partial charge in [0.05, 0.1) is 4.90 Å². The molecular weight excluding hydrogens is 362 g/mol. The van der Waals surface area contributed by atoms with Gasteiger partial charge in [0.1, 0.15) is 0 Å². The first-order valence-corrected chi connectivity index (χ1v) is 10.7. The Balaban J connectivity index is 1.38. The van der Waals surface area contributed by atoms with Gasteiger partial charge in [-0.05, 0) is 49.2 Å². The molecule has 1 aliphatic heterocycles. The van der Waals surface area contributed by atoms with Crippen LogP contribution >= 0.6 is 0 Å². The van der Waals surface area contributed by atoms with E-state index in [-0.39, 0.29) is 16.8 Å². The number of nitrogens with zero attached hydrogens (tertiary/aromatic N) is 2. The van der Waals surface area contributed by atoms with E-state index >= 15 is 0 Å². The van der Waals surface area contributed by atoms with Gasteiger partial charge in [0.15, 0.2) is 0 Å². The number of hydrogen-bond donors (Lipinski definition) is 1. The maximum Gasteiger partial charge on any atom is 0.253 e. The number of anilines is 1. The summed E-state index contributed by atoms with van der Waals surface area (Å²) in [4.78, 5) is 17.0. The molecule has 0 radical (unpaired) electrons. The van der Waals surface area contributed by atoms with Crippen LogP contribution in [0.25, 0.3) is 0 Å². The van der Waals surface area contributed by atoms with Gasteiger partial charge in [-0.2, -0.15) is 0 Å². The highest BCUT2D eigenvalue weighted by atomic mass is 32.2. The zero-order valence-electron chi connectivity index (χ0n) is 15.0. The lowest BCUT2D eigenvalue weighted by atomic mass is 10.1. The van der Waals surface area contributed by atoms with Gasteiger partial charge in [0, 0.05) is 43.5 Å². The summed E-state index contributed by atoms with van der Waals surface area (Å²) in [7, 11) is -3.48. The van der Waals surface area contributed by atoms with Crippen LogP contribution in [0.4, 0.5) is 5.69 Å². The van der Waals surface area contributed by atoms with Crippen molar-refractivity contribution < 1.29 is 13.2 Å². The van der Waals surface area contributed by atoms with E-state index in [0.29, 0.717) is 18.7 Å². The summed E-state index contributed by atoms with van der Waals surface area (Å²) in [6.45, 7) is 2.87. The number of nitrogens with one attached hydrogen (secondary N) is 1. The number of carbonyl (C=O) groups is 1. The van der Waals surface area contributed by atoms with Crippen LogP contribution in [0.3, 0.4) is 0 Å². The average Bonchev–Trinajstić information content (AvgIpc) is 3.52. The predicted octanol–water partition coefficient (Wildman–Crippen LogP) is 2.09. The first kappa shape index (κ1) is 18.0. The summed E-state index contributed by atoms with van der Waals surface area (Å²) in [5, 5.41) is 0. The number of sulfonamides is 1. The third kappa shape index (κ3) is 4.14. The highest BCUT2D eigenvalue weighted by Crippen LogP contribution is 2.22. The standard InChI is InChI=1S/C20H23N3O3S/c24-20(23-14-12-22(13-15-23)18-4-2-1-3-5-18)16-6-10-19(11-7-16)27(25,26)21-17-8-9-17/h1-7,10-11,17,21H,8-9,12-15H2. The van der Waals surface area contributed by atoms with Crippen molar-refractivity contribution in [1.29, 1.82) is 0 Å². The largest absolute Gasteiger partial charge is 0.368 e. The number of para-hydroxylation sites is 1. The first-order valence-electron chi connectivity index (χ1n) is 9.25. The fourth-order valence-electron chi connectivity index (χ4n) is 3.25. The van der Waals surface area contributed by atoms with Crippen LogP contribution in [-0.4, -0.2) is 51.4 Å². The Hall–Kier alpha value is -2.38. The lowest BCUT2D eigenvalue weighted by Gasteiger charge is -2.36. The van der Waals surface area contributed by atoms with E-state index in [4.69, 9.17) is 0 Å². The van der Waals surface area contributed by atoms with Gasteiger partial charge in [0.2, 0.25) is 10.0 Å². The van der Waals surface area contributed by atoms with Crippen molar-refractivity contribution in [2.75, 3.05) is 31.1 Å². The van der Waals surface area contributed by atoms with Gasteiger partial charge in [-0.3, -0.25) is 4.79 Å². The van der Waals surface area contributed by atoms with Crippen molar-refractivity contribution >= 4 is 21.6 Å². The smallest absolute Gasteiger partial charge is 0.253 e. The zero-order valence-corrected chi connectivity index (χ0v) is 15.9. The monoisotopic (exact) mass is 385 g/mol. The van der Waals surface area contributed by atoms with Crippen molar-refractivity contribution in [1.82, 2.24) is 9.62 Å². The number of amides is 1. The summed E-state index contributed by atoms with van der Waals surface area (Å²) >= 11 is 0. The maximum absolute atomic E-state index is 12.7. The van der Waals surface area contributed by atoms with Crippen LogP contribution in [0.2, 0.25) is 0 Å². The fraction of sp³-hybridized carbons (Fsp3) is 0.350. The van der Waals surface area contributed by atoms with Crippen LogP contribution in [-0.2, 0) is 10.0 Å². The highest BCUT2D eigenvalue weighted by molar-refractivity contribution is 7.89. The summed E-state index contributed by atoms with van der Waals surface area (Å²) < 4.78 is 27.1. The molecular formula is C20H23N3O3S. The van der Waals surface area contributed by atoms with E-state index in [1.807, 2.05) is 23.1 Å². The molecule has 6 nitrogen and oxygen atoms in total. The van der Waals surface area contributed by atoms with Gasteiger partial charge < -0.3 is 9.80 Å². The Bertz CT molecular complexity index is 901. The van der Waals surface area contributed by atoms with E-state index in [9.17, 15) is 13.2 Å². The normalized spacial score (nSPS) is 17.8. The molecule has 4 rings (SSSR count). The lowest BCUT2D eigenvalue weighted by molar-refractivity contribution is 0.0746. The molecule has 0 bridgehead atoms. The average molecular weight is 385 g/mol. The third-order valence-corrected chi connectivity index (χ3v) is 6.54. The molecule has 1 amide bonds. The Morgan fingerprint density at radius 1 is 0.889 bits per heavy atom. The second-order valence-electron chi connectivity index (χ2n) is 7.03. The minimum absolute atomic E-state index is 0.0539. The van der Waals surface area contributed by atoms with E-state index < -0.39 is 10.0 Å². The van der Waals surface area contributed by atoms with Crippen molar-refractivity contribution in [3.63, 3.8) is 0 Å². The van der Waals surface area contributed by atoms with Gasteiger partial charge in [-0.15, -0.1) is 0 Å². The summed E-state index contributed by atoms with van der Waals surface area (Å²) in [6.07, 6.45) is 1.79. The molecule has 2 aliphatic rings. The van der Waals surface area contributed by atoms with Crippen LogP contribution in [0.15, 0.2) is 59.5 Å². The van der Waals surface area contributed by atoms with E-state index in [1.54, 1.807) is 12.1 Å². The molecule has 0 atom stereocenters. The van der Waals surface area contributed by atoms with Crippen molar-refractivity contribution in [3.05, 3.63) is 60.2 Å². The molecule has 7 heteroatoms. The summed E-state index contributed by atoms with van der Waals surface area (Å²) in [5.41, 5.74) is 1.69. The predicted molar refractivity (Wildman–Crippen MR) is 104 cm³/mol. The molecule has 1 saturated heterocycles. The minimum Gasteiger partial charge on any atom is -0.368 e. The summed E-state index contributed by atoms with van der Waals surface area (Å²) in [5.74, 6) is -0.0539. The molecule has 2 aromatic carbocycles. The molecule has 1 saturated carbocycles. The molecule has 1 N–H and O–H groups in total. The van der Waals surface area contributed by atoms with Crippen LogP contribution in [0.5, 0.6) is 0 Å². The van der Waals surface area contributed by atoms with E-state index in [2.05, 4.69) is 21.8 Å². The molecule has 0 aromatic heterocycles. The first-order chi connectivity index (χ1) is 13.0. The third-order valence-electron chi connectivity index (χ3n) is 5.00. The van der Waals surface area contributed by atoms with Gasteiger partial charge in [0.25, 0.3) is 5.91 Å². The Morgan fingerprint density at radius 2 is 1.52 bits per heavy atom. The van der Waals surface area contributed by atoms with Gasteiger partial charge in [-0.1, -0.05) is 18.2 Å². The Kier molecular flexibility index (Phi) is 4.88. The molecule has 1 aliphatic carbocycles. The highest BCUT2D eigenvalue weighted by Gasteiger charge is 2.28. The number of piperazine rings is 1. The van der Waals surface area contributed by atoms with E-state index in [1.165, 1.54) is 17.8 Å². The van der Waals surface area contributed by atoms with Crippen molar-refractivity contribution in [2.45, 2.75) is 23.8 Å². The molecule has 0 spiro atoms. The van der Waals surface area contributed by atoms with Gasteiger partial charge in [-0.25, -0.2) is 13.1 Å². The second-order valence-corrected chi connectivity index (χ2v) is 8.75. The second kappa shape index (κ2) is 7.32. The van der Waals surface area contributed by atoms with E-state index in [0.717, 1.165) is 25.9 Å². The molecule has 2 aromatic rings. The SMILES string of the molecule is O=C(c1ccc(S(=O)(=O)NC2CC2)cc1)N1CCN(c2ccccc2)CC1. The lowest BCUT2D eigenvalue weighted by Crippen LogP contribution is -2.48. The minimum atomic E-state index is -3.48. The number of rotatable bonds is 5. The Morgan fingerprint density at radius 3 is 2.11 bits per heavy atom. The Labute approximate surface area is 159 Å². The number of hydrogen-bond acceptors (Lipinski definition) is 4. The number of benzene rings is 2. The topological polar surface area (TPSA) is 69.7 Å². The molecule has 142 valence electrons. The van der Waals surface area contributed by atoms with Crippen molar-refractivity contribution in [3.8, 4) is 0 Å².